The van der Waals surface area contributed by atoms with E-state index >= 15 is 0 Å². The van der Waals surface area contributed by atoms with Crippen molar-refractivity contribution in [2.75, 3.05) is 13.2 Å². The monoisotopic (exact) mass is 519 g/mol. The van der Waals surface area contributed by atoms with Crippen LogP contribution in [0.2, 0.25) is 0 Å². The summed E-state index contributed by atoms with van der Waals surface area (Å²) in [5.41, 5.74) is 3.32. The van der Waals surface area contributed by atoms with E-state index in [1.54, 1.807) is 25.1 Å². The predicted molar refractivity (Wildman–Crippen MR) is 143 cm³/mol. The van der Waals surface area contributed by atoms with Crippen molar-refractivity contribution in [3.05, 3.63) is 107 Å². The molecule has 3 aromatic carbocycles. The van der Waals surface area contributed by atoms with Gasteiger partial charge in [0.15, 0.2) is 0 Å². The van der Waals surface area contributed by atoms with Gasteiger partial charge in [0.1, 0.15) is 23.9 Å². The maximum absolute atomic E-state index is 12.0. The van der Waals surface area contributed by atoms with Crippen LogP contribution in [-0.4, -0.2) is 26.6 Å². The molecule has 0 unspecified atom stereocenters. The largest absolute Gasteiger partial charge is 0.492 e. The molecule has 0 saturated carbocycles. The topological polar surface area (TPSA) is 87.9 Å². The molecule has 0 aliphatic rings. The van der Waals surface area contributed by atoms with Crippen molar-refractivity contribution in [3.63, 3.8) is 0 Å². The first-order chi connectivity index (χ1) is 17.9. The van der Waals surface area contributed by atoms with Crippen LogP contribution in [0.5, 0.6) is 11.5 Å². The molecular weight excluding hydrogens is 490 g/mol. The van der Waals surface area contributed by atoms with Gasteiger partial charge in [-0.25, -0.2) is 4.98 Å². The summed E-state index contributed by atoms with van der Waals surface area (Å²) in [6, 6.07) is 24.8. The zero-order chi connectivity index (χ0) is 26.1. The first kappa shape index (κ1) is 26.2. The number of ether oxygens (including phenoxy) is 2. The quantitative estimate of drug-likeness (QED) is 0.206. The Morgan fingerprint density at radius 3 is 2.41 bits per heavy atom. The van der Waals surface area contributed by atoms with Crippen molar-refractivity contribution in [1.82, 2.24) is 4.98 Å². The van der Waals surface area contributed by atoms with E-state index in [-0.39, 0.29) is 6.61 Å². The number of rotatable bonds is 12. The molecule has 4 rings (SSSR count). The van der Waals surface area contributed by atoms with E-state index in [0.29, 0.717) is 42.6 Å². The standard InChI is InChI=1S/C29H29NO6S/c1-3-35-37(31,32)19-17-24-14-15-26(34-21-23-10-6-4-7-11-23)20-28(24)33-18-16-27-22(2)36-29(30-27)25-12-8-5-9-13-25/h4-15,17,19-20H,3,16,18,21H2,1-2H3/b19-17+. The lowest BCUT2D eigenvalue weighted by Crippen LogP contribution is -2.05. The van der Waals surface area contributed by atoms with Crippen LogP contribution in [0.25, 0.3) is 17.5 Å². The number of oxazole rings is 1. The third-order valence-electron chi connectivity index (χ3n) is 5.44. The molecule has 0 N–H and O–H groups in total. The number of benzene rings is 3. The van der Waals surface area contributed by atoms with Crippen molar-refractivity contribution in [1.29, 1.82) is 0 Å². The summed E-state index contributed by atoms with van der Waals surface area (Å²) in [6.45, 7) is 4.26. The molecule has 7 nitrogen and oxygen atoms in total. The molecule has 0 amide bonds. The van der Waals surface area contributed by atoms with Gasteiger partial charge in [0, 0.05) is 23.6 Å². The van der Waals surface area contributed by atoms with Gasteiger partial charge < -0.3 is 13.9 Å². The van der Waals surface area contributed by atoms with Gasteiger partial charge in [-0.2, -0.15) is 8.42 Å². The van der Waals surface area contributed by atoms with Crippen molar-refractivity contribution >= 4 is 16.2 Å². The first-order valence-electron chi connectivity index (χ1n) is 12.0. The lowest BCUT2D eigenvalue weighted by molar-refractivity contribution is 0.295. The maximum atomic E-state index is 12.0. The van der Waals surface area contributed by atoms with Gasteiger partial charge in [-0.1, -0.05) is 48.5 Å². The van der Waals surface area contributed by atoms with Crippen LogP contribution in [0.1, 0.15) is 29.5 Å². The van der Waals surface area contributed by atoms with Crippen LogP contribution >= 0.6 is 0 Å². The highest BCUT2D eigenvalue weighted by molar-refractivity contribution is 7.89. The SMILES string of the molecule is CCOS(=O)(=O)/C=C/c1ccc(OCc2ccccc2)cc1OCCc1nc(-c2ccccc2)oc1C. The summed E-state index contributed by atoms with van der Waals surface area (Å²) in [5.74, 6) is 2.38. The molecule has 1 aromatic heterocycles. The van der Waals surface area contributed by atoms with Crippen molar-refractivity contribution in [2.45, 2.75) is 26.9 Å². The van der Waals surface area contributed by atoms with Gasteiger partial charge in [-0.15, -0.1) is 0 Å². The fourth-order valence-electron chi connectivity index (χ4n) is 3.59. The average Bonchev–Trinajstić information content (AvgIpc) is 3.28. The number of hydrogen-bond donors (Lipinski definition) is 0. The molecule has 0 fully saturated rings. The van der Waals surface area contributed by atoms with Crippen LogP contribution in [0, 0.1) is 6.92 Å². The molecular formula is C29H29NO6S. The van der Waals surface area contributed by atoms with Gasteiger partial charge in [0.2, 0.25) is 5.89 Å². The Bertz CT molecular complexity index is 1430. The molecule has 8 heteroatoms. The molecule has 0 saturated heterocycles. The molecule has 37 heavy (non-hydrogen) atoms. The van der Waals surface area contributed by atoms with Crippen molar-refractivity contribution < 1.29 is 26.5 Å². The lowest BCUT2D eigenvalue weighted by Gasteiger charge is -2.12. The van der Waals surface area contributed by atoms with E-state index in [4.69, 9.17) is 18.1 Å². The fraction of sp³-hybridized carbons (Fsp3) is 0.207. The Hall–Kier alpha value is -3.88. The number of hydrogen-bond acceptors (Lipinski definition) is 7. The Balaban J connectivity index is 1.49. The molecule has 0 aliphatic heterocycles. The van der Waals surface area contributed by atoms with E-state index in [0.717, 1.165) is 28.0 Å². The second-order valence-corrected chi connectivity index (χ2v) is 9.66. The Morgan fingerprint density at radius 1 is 0.946 bits per heavy atom. The van der Waals surface area contributed by atoms with Gasteiger partial charge in [0.25, 0.3) is 10.1 Å². The third-order valence-corrected chi connectivity index (χ3v) is 6.47. The fourth-order valence-corrected chi connectivity index (χ4v) is 4.31. The summed E-state index contributed by atoms with van der Waals surface area (Å²) in [4.78, 5) is 4.62. The van der Waals surface area contributed by atoms with E-state index in [1.165, 1.54) is 6.08 Å². The molecule has 1 heterocycles. The van der Waals surface area contributed by atoms with Gasteiger partial charge >= 0.3 is 0 Å². The number of nitrogens with zero attached hydrogens (tertiary/aromatic N) is 1. The van der Waals surface area contributed by atoms with E-state index < -0.39 is 10.1 Å². The summed E-state index contributed by atoms with van der Waals surface area (Å²) < 4.78 is 46.7. The normalized spacial score (nSPS) is 11.6. The highest BCUT2D eigenvalue weighted by atomic mass is 32.2. The highest BCUT2D eigenvalue weighted by Crippen LogP contribution is 2.28. The third kappa shape index (κ3) is 7.55. The van der Waals surface area contributed by atoms with Crippen LogP contribution in [-0.2, 0) is 27.3 Å². The average molecular weight is 520 g/mol. The summed E-state index contributed by atoms with van der Waals surface area (Å²) in [5, 5.41) is 1.02. The highest BCUT2D eigenvalue weighted by Gasteiger charge is 2.13. The molecule has 0 radical (unpaired) electrons. The Labute approximate surface area is 217 Å². The summed E-state index contributed by atoms with van der Waals surface area (Å²) in [7, 11) is -3.79. The Kier molecular flexibility index (Phi) is 8.77. The molecule has 0 atom stereocenters. The lowest BCUT2D eigenvalue weighted by atomic mass is 10.2. The molecule has 0 bridgehead atoms. The Morgan fingerprint density at radius 2 is 1.68 bits per heavy atom. The zero-order valence-electron chi connectivity index (χ0n) is 20.8. The van der Waals surface area contributed by atoms with Crippen LogP contribution in [0.15, 0.2) is 88.7 Å². The van der Waals surface area contributed by atoms with Crippen LogP contribution in [0.3, 0.4) is 0 Å². The smallest absolute Gasteiger partial charge is 0.290 e. The molecule has 4 aromatic rings. The second-order valence-electron chi connectivity index (χ2n) is 8.16. The molecule has 0 aliphatic carbocycles. The second kappa shape index (κ2) is 12.4. The van der Waals surface area contributed by atoms with Gasteiger partial charge in [-0.3, -0.25) is 4.18 Å². The minimum absolute atomic E-state index is 0.0598. The van der Waals surface area contributed by atoms with E-state index in [1.807, 2.05) is 67.6 Å². The van der Waals surface area contributed by atoms with Crippen molar-refractivity contribution in [2.24, 2.45) is 0 Å². The minimum atomic E-state index is -3.79. The number of aryl methyl sites for hydroxylation is 1. The van der Waals surface area contributed by atoms with Crippen molar-refractivity contribution in [3.8, 4) is 23.0 Å². The zero-order valence-corrected chi connectivity index (χ0v) is 21.6. The summed E-state index contributed by atoms with van der Waals surface area (Å²) in [6.07, 6.45) is 1.97. The molecule has 192 valence electrons. The predicted octanol–water partition coefficient (Wildman–Crippen LogP) is 6.19. The maximum Gasteiger partial charge on any atom is 0.290 e. The number of aromatic nitrogens is 1. The first-order valence-corrected chi connectivity index (χ1v) is 13.4. The molecule has 0 spiro atoms. The summed E-state index contributed by atoms with van der Waals surface area (Å²) >= 11 is 0. The van der Waals surface area contributed by atoms with Crippen LogP contribution in [0.4, 0.5) is 0 Å². The van der Waals surface area contributed by atoms with E-state index in [9.17, 15) is 8.42 Å². The van der Waals surface area contributed by atoms with E-state index in [2.05, 4.69) is 4.98 Å². The van der Waals surface area contributed by atoms with Crippen LogP contribution < -0.4 is 9.47 Å². The minimum Gasteiger partial charge on any atom is -0.492 e. The van der Waals surface area contributed by atoms with Gasteiger partial charge in [-0.05, 0) is 49.8 Å². The van der Waals surface area contributed by atoms with Gasteiger partial charge in [0.05, 0.1) is 24.3 Å².